The standard InChI is InChI=1S/C12H16F5NO7S/c1-8(13)9(19)24-7-5-18-10(20)25-6-3-2-4-11(14,15)12(16,17)26(21,22)23/h1-7H2,(H,18,20)(H,21,22,23). The van der Waals surface area contributed by atoms with Crippen molar-refractivity contribution in [3.63, 3.8) is 0 Å². The summed E-state index contributed by atoms with van der Waals surface area (Å²) in [6, 6.07) is 0. The molecule has 0 aliphatic rings. The van der Waals surface area contributed by atoms with Gasteiger partial charge in [-0.25, -0.2) is 9.59 Å². The van der Waals surface area contributed by atoms with E-state index in [1.54, 1.807) is 0 Å². The van der Waals surface area contributed by atoms with Crippen molar-refractivity contribution >= 4 is 22.2 Å². The molecule has 26 heavy (non-hydrogen) atoms. The highest BCUT2D eigenvalue weighted by molar-refractivity contribution is 7.87. The number of hydrogen-bond acceptors (Lipinski definition) is 6. The zero-order valence-electron chi connectivity index (χ0n) is 13.1. The van der Waals surface area contributed by atoms with Crippen LogP contribution in [0.3, 0.4) is 0 Å². The smallest absolute Gasteiger partial charge is 0.431 e. The minimum atomic E-state index is -6.28. The maximum absolute atomic E-state index is 13.1. The summed E-state index contributed by atoms with van der Waals surface area (Å²) in [6.45, 7) is 1.57. The van der Waals surface area contributed by atoms with Crippen molar-refractivity contribution < 1.29 is 54.0 Å². The quantitative estimate of drug-likeness (QED) is 0.175. The first kappa shape index (κ1) is 24.0. The summed E-state index contributed by atoms with van der Waals surface area (Å²) >= 11 is 0. The van der Waals surface area contributed by atoms with E-state index in [0.717, 1.165) is 0 Å². The Morgan fingerprint density at radius 1 is 1.08 bits per heavy atom. The van der Waals surface area contributed by atoms with Gasteiger partial charge in [-0.2, -0.15) is 30.4 Å². The molecule has 1 amide bonds. The van der Waals surface area contributed by atoms with Crippen molar-refractivity contribution in [1.29, 1.82) is 0 Å². The molecule has 0 heterocycles. The van der Waals surface area contributed by atoms with Crippen LogP contribution in [0.15, 0.2) is 12.4 Å². The molecule has 0 aliphatic heterocycles. The Balaban J connectivity index is 4.01. The molecule has 0 aromatic heterocycles. The van der Waals surface area contributed by atoms with Gasteiger partial charge in [0.05, 0.1) is 13.2 Å². The van der Waals surface area contributed by atoms with E-state index in [4.69, 9.17) is 4.55 Å². The van der Waals surface area contributed by atoms with Crippen LogP contribution in [-0.2, 0) is 24.4 Å². The van der Waals surface area contributed by atoms with E-state index < -0.39 is 65.2 Å². The third-order valence-electron chi connectivity index (χ3n) is 2.69. The molecule has 0 fully saturated rings. The lowest BCUT2D eigenvalue weighted by molar-refractivity contribution is -0.164. The second-order valence-electron chi connectivity index (χ2n) is 4.76. The lowest BCUT2D eigenvalue weighted by Crippen LogP contribution is -2.46. The minimum Gasteiger partial charge on any atom is -0.459 e. The van der Waals surface area contributed by atoms with Crippen molar-refractivity contribution in [3.8, 4) is 0 Å². The average Bonchev–Trinajstić information content (AvgIpc) is 2.49. The minimum absolute atomic E-state index is 0.253. The van der Waals surface area contributed by atoms with Crippen molar-refractivity contribution in [3.05, 3.63) is 12.4 Å². The monoisotopic (exact) mass is 413 g/mol. The van der Waals surface area contributed by atoms with Crippen LogP contribution < -0.4 is 5.32 Å². The van der Waals surface area contributed by atoms with Crippen LogP contribution in [0.25, 0.3) is 0 Å². The third kappa shape index (κ3) is 7.51. The fraction of sp³-hybridized carbons (Fsp3) is 0.667. The molecule has 0 radical (unpaired) electrons. The summed E-state index contributed by atoms with van der Waals surface area (Å²) in [6.07, 6.45) is -3.56. The van der Waals surface area contributed by atoms with E-state index in [1.165, 1.54) is 0 Å². The molecule has 8 nitrogen and oxygen atoms in total. The topological polar surface area (TPSA) is 119 Å². The van der Waals surface area contributed by atoms with Crippen molar-refractivity contribution in [2.75, 3.05) is 19.8 Å². The van der Waals surface area contributed by atoms with E-state index in [1.807, 2.05) is 0 Å². The average molecular weight is 413 g/mol. The summed E-state index contributed by atoms with van der Waals surface area (Å²) in [5.41, 5.74) is 0. The molecule has 152 valence electrons. The van der Waals surface area contributed by atoms with Gasteiger partial charge in [0.25, 0.3) is 0 Å². The summed E-state index contributed by atoms with van der Waals surface area (Å²) in [5.74, 6) is -7.65. The normalized spacial score (nSPS) is 12.4. The van der Waals surface area contributed by atoms with Crippen LogP contribution in [0, 0.1) is 0 Å². The van der Waals surface area contributed by atoms with Gasteiger partial charge in [-0.15, -0.1) is 0 Å². The summed E-state index contributed by atoms with van der Waals surface area (Å²) in [7, 11) is -6.28. The maximum Gasteiger partial charge on any atom is 0.431 e. The molecule has 0 bridgehead atoms. The molecule has 0 unspecified atom stereocenters. The maximum atomic E-state index is 13.1. The number of hydrogen-bond donors (Lipinski definition) is 2. The number of alkyl halides is 4. The first-order chi connectivity index (χ1) is 11.7. The van der Waals surface area contributed by atoms with Crippen molar-refractivity contribution in [2.45, 2.75) is 30.4 Å². The number of amides is 1. The Kier molecular flexibility index (Phi) is 8.93. The first-order valence-electron chi connectivity index (χ1n) is 6.87. The Morgan fingerprint density at radius 2 is 1.65 bits per heavy atom. The van der Waals surface area contributed by atoms with Gasteiger partial charge >= 0.3 is 33.4 Å². The van der Waals surface area contributed by atoms with Crippen LogP contribution in [0.1, 0.15) is 19.3 Å². The summed E-state index contributed by atoms with van der Waals surface area (Å²) < 4.78 is 102. The molecule has 0 rings (SSSR count). The number of esters is 1. The highest BCUT2D eigenvalue weighted by Crippen LogP contribution is 2.41. The lowest BCUT2D eigenvalue weighted by Gasteiger charge is -2.23. The molecule has 0 aliphatic carbocycles. The van der Waals surface area contributed by atoms with Gasteiger partial charge in [-0.3, -0.25) is 4.55 Å². The molecule has 0 saturated carbocycles. The Labute approximate surface area is 145 Å². The number of halogens is 5. The molecular formula is C12H16F5NO7S. The second kappa shape index (κ2) is 9.66. The van der Waals surface area contributed by atoms with Crippen molar-refractivity contribution in [1.82, 2.24) is 5.32 Å². The fourth-order valence-corrected chi connectivity index (χ4v) is 1.85. The van der Waals surface area contributed by atoms with Crippen LogP contribution in [0.5, 0.6) is 0 Å². The Bertz CT molecular complexity index is 623. The first-order valence-corrected chi connectivity index (χ1v) is 8.31. The van der Waals surface area contributed by atoms with Crippen LogP contribution >= 0.6 is 0 Å². The van der Waals surface area contributed by atoms with E-state index in [0.29, 0.717) is 0 Å². The van der Waals surface area contributed by atoms with Crippen molar-refractivity contribution in [2.24, 2.45) is 0 Å². The van der Waals surface area contributed by atoms with E-state index in [9.17, 15) is 40.0 Å². The van der Waals surface area contributed by atoms with Gasteiger partial charge in [0.1, 0.15) is 6.61 Å². The largest absolute Gasteiger partial charge is 0.459 e. The van der Waals surface area contributed by atoms with Gasteiger partial charge in [0.2, 0.25) is 5.83 Å². The molecule has 0 aromatic carbocycles. The second-order valence-corrected chi connectivity index (χ2v) is 6.22. The number of unbranched alkanes of at least 4 members (excludes halogenated alkanes) is 1. The van der Waals surface area contributed by atoms with Gasteiger partial charge in [-0.1, -0.05) is 6.58 Å². The third-order valence-corrected chi connectivity index (χ3v) is 3.64. The number of ether oxygens (including phenoxy) is 2. The van der Waals surface area contributed by atoms with Crippen LogP contribution in [0.2, 0.25) is 0 Å². The van der Waals surface area contributed by atoms with Gasteiger partial charge in [0.15, 0.2) is 0 Å². The molecule has 0 spiro atoms. The highest BCUT2D eigenvalue weighted by atomic mass is 32.2. The van der Waals surface area contributed by atoms with Gasteiger partial charge < -0.3 is 14.8 Å². The number of nitrogens with one attached hydrogen (secondary N) is 1. The molecule has 0 atom stereocenters. The predicted octanol–water partition coefficient (Wildman–Crippen LogP) is 2.03. The zero-order valence-corrected chi connectivity index (χ0v) is 14.0. The molecule has 0 saturated heterocycles. The Morgan fingerprint density at radius 3 is 2.15 bits per heavy atom. The van der Waals surface area contributed by atoms with Gasteiger partial charge in [0, 0.05) is 6.42 Å². The molecule has 2 N–H and O–H groups in total. The number of rotatable bonds is 11. The number of alkyl carbamates (subject to hydrolysis) is 1. The molecule has 14 heteroatoms. The van der Waals surface area contributed by atoms with Gasteiger partial charge in [-0.05, 0) is 12.8 Å². The molecule has 0 aromatic rings. The van der Waals surface area contributed by atoms with Crippen LogP contribution in [-0.4, -0.2) is 56.0 Å². The summed E-state index contributed by atoms with van der Waals surface area (Å²) in [4.78, 5) is 21.8. The lowest BCUT2D eigenvalue weighted by atomic mass is 10.1. The summed E-state index contributed by atoms with van der Waals surface area (Å²) in [5, 5.41) is -3.58. The van der Waals surface area contributed by atoms with E-state index >= 15 is 0 Å². The highest BCUT2D eigenvalue weighted by Gasteiger charge is 2.64. The molecular weight excluding hydrogens is 397 g/mol. The van der Waals surface area contributed by atoms with E-state index in [-0.39, 0.29) is 13.0 Å². The van der Waals surface area contributed by atoms with E-state index in [2.05, 4.69) is 21.4 Å². The van der Waals surface area contributed by atoms with Crippen LogP contribution in [0.4, 0.5) is 26.7 Å². The zero-order chi connectivity index (χ0) is 20.6. The fourth-order valence-electron chi connectivity index (χ4n) is 1.37. The number of carbonyl (C=O) groups is 2. The SMILES string of the molecule is C=C(F)C(=O)OCCNC(=O)OCCCCC(F)(F)C(F)(F)S(=O)(=O)O. The predicted molar refractivity (Wildman–Crippen MR) is 75.9 cm³/mol. The Hall–Kier alpha value is -1.96. The number of carbonyl (C=O) groups excluding carboxylic acids is 2.